The quantitative estimate of drug-likeness (QED) is 0.804. The van der Waals surface area contributed by atoms with Gasteiger partial charge in [-0.3, -0.25) is 9.69 Å². The van der Waals surface area contributed by atoms with Crippen molar-refractivity contribution in [3.63, 3.8) is 0 Å². The van der Waals surface area contributed by atoms with Crippen molar-refractivity contribution in [3.05, 3.63) is 54.1 Å². The summed E-state index contributed by atoms with van der Waals surface area (Å²) in [5.41, 5.74) is 1.96. The van der Waals surface area contributed by atoms with Crippen molar-refractivity contribution in [2.75, 3.05) is 31.5 Å². The number of anilines is 2. The molecule has 5 nitrogen and oxygen atoms in total. The Hall–Kier alpha value is -2.67. The maximum Gasteiger partial charge on any atom is 0.387 e. The molecule has 2 aromatic carbocycles. The van der Waals surface area contributed by atoms with Gasteiger partial charge in [-0.1, -0.05) is 12.1 Å². The van der Waals surface area contributed by atoms with Gasteiger partial charge < -0.3 is 15.0 Å². The average molecular weight is 389 g/mol. The number of carbonyl (C=O) groups excluding carboxylic acids is 1. The molecule has 0 saturated carbocycles. The van der Waals surface area contributed by atoms with Crippen molar-refractivity contribution in [1.29, 1.82) is 0 Å². The molecule has 1 amide bonds. The van der Waals surface area contributed by atoms with Gasteiger partial charge in [-0.2, -0.15) is 8.78 Å². The van der Waals surface area contributed by atoms with Gasteiger partial charge in [0.25, 0.3) is 5.91 Å². The normalized spacial score (nSPS) is 15.1. The van der Waals surface area contributed by atoms with E-state index in [1.54, 1.807) is 18.2 Å². The molecule has 0 aliphatic carbocycles. The molecule has 7 heteroatoms. The molecule has 0 atom stereocenters. The minimum Gasteiger partial charge on any atom is -0.435 e. The van der Waals surface area contributed by atoms with Gasteiger partial charge in [-0.05, 0) is 50.2 Å². The zero-order chi connectivity index (χ0) is 20.1. The number of alkyl halides is 2. The Labute approximate surface area is 163 Å². The van der Waals surface area contributed by atoms with E-state index in [1.807, 2.05) is 23.1 Å². The maximum atomic E-state index is 13.0. The summed E-state index contributed by atoms with van der Waals surface area (Å²) in [5.74, 6) is 0.0806. The summed E-state index contributed by atoms with van der Waals surface area (Å²) in [4.78, 5) is 17.3. The lowest BCUT2D eigenvalue weighted by Crippen LogP contribution is -2.50. The third-order valence-corrected chi connectivity index (χ3v) is 4.85. The van der Waals surface area contributed by atoms with Crippen LogP contribution in [0.2, 0.25) is 0 Å². The summed E-state index contributed by atoms with van der Waals surface area (Å²) < 4.78 is 28.9. The molecule has 3 rings (SSSR count). The Morgan fingerprint density at radius 1 is 1.00 bits per heavy atom. The first-order valence-electron chi connectivity index (χ1n) is 9.38. The molecule has 1 saturated heterocycles. The fourth-order valence-electron chi connectivity index (χ4n) is 3.27. The number of halogens is 2. The zero-order valence-electron chi connectivity index (χ0n) is 16.1. The first kappa shape index (κ1) is 20.1. The molecule has 28 heavy (non-hydrogen) atoms. The molecule has 1 fully saturated rings. The number of ether oxygens (including phenoxy) is 1. The van der Waals surface area contributed by atoms with Crippen LogP contribution in [-0.2, 0) is 0 Å². The van der Waals surface area contributed by atoms with Crippen LogP contribution in [0.1, 0.15) is 24.2 Å². The van der Waals surface area contributed by atoms with Crippen LogP contribution in [0.3, 0.4) is 0 Å². The predicted octanol–water partition coefficient (Wildman–Crippen LogP) is 4.20. The Balaban J connectivity index is 1.70. The van der Waals surface area contributed by atoms with E-state index in [0.717, 1.165) is 13.1 Å². The van der Waals surface area contributed by atoms with Gasteiger partial charge in [0.05, 0.1) is 11.3 Å². The van der Waals surface area contributed by atoms with E-state index in [-0.39, 0.29) is 11.7 Å². The van der Waals surface area contributed by atoms with Gasteiger partial charge in [-0.15, -0.1) is 0 Å². The minimum absolute atomic E-state index is 0.0100. The number of amides is 1. The van der Waals surface area contributed by atoms with Gasteiger partial charge in [0.1, 0.15) is 5.75 Å². The van der Waals surface area contributed by atoms with Gasteiger partial charge in [0.15, 0.2) is 0 Å². The lowest BCUT2D eigenvalue weighted by atomic mass is 10.1. The highest BCUT2D eigenvalue weighted by Gasteiger charge is 2.24. The van der Waals surface area contributed by atoms with Crippen molar-refractivity contribution in [3.8, 4) is 5.75 Å². The third-order valence-electron chi connectivity index (χ3n) is 4.85. The number of benzene rings is 2. The molecule has 1 heterocycles. The van der Waals surface area contributed by atoms with E-state index in [4.69, 9.17) is 0 Å². The summed E-state index contributed by atoms with van der Waals surface area (Å²) >= 11 is 0. The second-order valence-corrected chi connectivity index (χ2v) is 7.00. The smallest absolute Gasteiger partial charge is 0.387 e. The van der Waals surface area contributed by atoms with E-state index in [9.17, 15) is 13.6 Å². The zero-order valence-corrected chi connectivity index (χ0v) is 16.1. The van der Waals surface area contributed by atoms with Gasteiger partial charge in [0, 0.05) is 37.9 Å². The van der Waals surface area contributed by atoms with Gasteiger partial charge in [-0.25, -0.2) is 0 Å². The van der Waals surface area contributed by atoms with Crippen molar-refractivity contribution in [1.82, 2.24) is 9.80 Å². The van der Waals surface area contributed by atoms with Crippen LogP contribution in [0.4, 0.5) is 20.2 Å². The number of nitrogens with one attached hydrogen (secondary N) is 1. The maximum absolute atomic E-state index is 13.0. The van der Waals surface area contributed by atoms with Crippen molar-refractivity contribution < 1.29 is 18.3 Å². The second kappa shape index (κ2) is 9.01. The number of nitrogens with zero attached hydrogens (tertiary/aromatic N) is 2. The van der Waals surface area contributed by atoms with Crippen molar-refractivity contribution in [2.24, 2.45) is 0 Å². The van der Waals surface area contributed by atoms with Gasteiger partial charge in [0.2, 0.25) is 0 Å². The molecule has 0 aromatic heterocycles. The summed E-state index contributed by atoms with van der Waals surface area (Å²) in [6.07, 6.45) is 0. The first-order valence-corrected chi connectivity index (χ1v) is 9.38. The topological polar surface area (TPSA) is 44.8 Å². The van der Waals surface area contributed by atoms with Crippen LogP contribution in [-0.4, -0.2) is 54.5 Å². The third kappa shape index (κ3) is 4.98. The Kier molecular flexibility index (Phi) is 6.46. The lowest BCUT2D eigenvalue weighted by Gasteiger charge is -2.37. The highest BCUT2D eigenvalue weighted by molar-refractivity contribution is 6.00. The van der Waals surface area contributed by atoms with E-state index in [1.165, 1.54) is 12.1 Å². The van der Waals surface area contributed by atoms with Crippen molar-refractivity contribution >= 4 is 17.3 Å². The first-order chi connectivity index (χ1) is 13.4. The number of piperazine rings is 1. The predicted molar refractivity (Wildman–Crippen MR) is 105 cm³/mol. The Morgan fingerprint density at radius 2 is 1.64 bits per heavy atom. The largest absolute Gasteiger partial charge is 0.435 e. The van der Waals surface area contributed by atoms with Gasteiger partial charge >= 0.3 is 6.61 Å². The van der Waals surface area contributed by atoms with Crippen LogP contribution < -0.4 is 10.1 Å². The van der Waals surface area contributed by atoms with Crippen LogP contribution in [0.15, 0.2) is 48.5 Å². The molecule has 0 unspecified atom stereocenters. The fourth-order valence-corrected chi connectivity index (χ4v) is 3.27. The Morgan fingerprint density at radius 3 is 2.25 bits per heavy atom. The SMILES string of the molecule is CC(C)N1CCN(C(=O)c2ccccc2Nc2ccc(OC(F)F)cc2)CC1. The Bertz CT molecular complexity index is 788. The van der Waals surface area contributed by atoms with Crippen LogP contribution in [0.5, 0.6) is 5.75 Å². The van der Waals surface area contributed by atoms with Crippen molar-refractivity contribution in [2.45, 2.75) is 26.5 Å². The highest BCUT2D eigenvalue weighted by atomic mass is 19.3. The minimum atomic E-state index is -2.85. The number of hydrogen-bond acceptors (Lipinski definition) is 4. The highest BCUT2D eigenvalue weighted by Crippen LogP contribution is 2.25. The molecule has 150 valence electrons. The molecular formula is C21H25F2N3O2. The molecule has 0 spiro atoms. The molecular weight excluding hydrogens is 364 g/mol. The summed E-state index contributed by atoms with van der Waals surface area (Å²) in [5, 5.41) is 3.20. The van der Waals surface area contributed by atoms with Crippen LogP contribution in [0.25, 0.3) is 0 Å². The fraction of sp³-hybridized carbons (Fsp3) is 0.381. The summed E-state index contributed by atoms with van der Waals surface area (Å²) in [6, 6.07) is 14.0. The molecule has 0 bridgehead atoms. The molecule has 1 aliphatic heterocycles. The molecule has 0 radical (unpaired) electrons. The summed E-state index contributed by atoms with van der Waals surface area (Å²) in [6.45, 7) is 4.60. The lowest BCUT2D eigenvalue weighted by molar-refractivity contribution is -0.0498. The average Bonchev–Trinajstić information content (AvgIpc) is 2.69. The number of para-hydroxylation sites is 1. The molecule has 1 aliphatic rings. The number of carbonyl (C=O) groups is 1. The standard InChI is InChI=1S/C21H25F2N3O2/c1-15(2)25-11-13-26(14-12-25)20(27)18-5-3-4-6-19(18)24-16-7-9-17(10-8-16)28-21(22)23/h3-10,15,21,24H,11-14H2,1-2H3. The van der Waals surface area contributed by atoms with E-state index < -0.39 is 6.61 Å². The van der Waals surface area contributed by atoms with Crippen LogP contribution >= 0.6 is 0 Å². The second-order valence-electron chi connectivity index (χ2n) is 7.00. The monoisotopic (exact) mass is 389 g/mol. The molecule has 2 aromatic rings. The van der Waals surface area contributed by atoms with Crippen LogP contribution in [0, 0.1) is 0 Å². The number of hydrogen-bond donors (Lipinski definition) is 1. The van der Waals surface area contributed by atoms with E-state index in [2.05, 4.69) is 28.8 Å². The number of rotatable bonds is 6. The van der Waals surface area contributed by atoms with E-state index in [0.29, 0.717) is 36.1 Å². The molecule has 1 N–H and O–H groups in total. The van der Waals surface area contributed by atoms with E-state index >= 15 is 0 Å². The summed E-state index contributed by atoms with van der Waals surface area (Å²) in [7, 11) is 0.